The van der Waals surface area contributed by atoms with E-state index in [1.54, 1.807) is 26.1 Å². The van der Waals surface area contributed by atoms with Gasteiger partial charge in [-0.2, -0.15) is 5.06 Å². The number of aliphatic hydroxyl groups is 1. The van der Waals surface area contributed by atoms with Crippen molar-refractivity contribution in [3.63, 3.8) is 0 Å². The van der Waals surface area contributed by atoms with Crippen LogP contribution >= 0.6 is 0 Å². The molecule has 49 heavy (non-hydrogen) atoms. The first-order valence-corrected chi connectivity index (χ1v) is 18.2. The van der Waals surface area contributed by atoms with Crippen LogP contribution in [0.2, 0.25) is 0 Å². The second-order valence-corrected chi connectivity index (χ2v) is 15.9. The van der Waals surface area contributed by atoms with E-state index in [2.05, 4.69) is 36.7 Å². The molecule has 10 heteroatoms. The zero-order chi connectivity index (χ0) is 35.2. The molecule has 2 aromatic rings. The Morgan fingerprint density at radius 1 is 1.14 bits per heavy atom. The standard InChI is InChI=1S/C39H57N5O5/c1-22-31-17-28(39(31,3)4)18-32(22)42-38(47)35-34(23(2)45)33(20-41-19-24-12-13-24)49-44(35)21-25-10-9-11-30(36(25)48-8)26-14-27(37(46)40-5)16-29(15-26)43(6)7/h9-11,14-16,22-24,28,31-35,41,45H,12-13,17-21H2,1-8H3,(H,40,46)(H,42,47)/t22-,23-,28+,31-,32-,33-,34+,35-/m0/s1. The number of anilines is 1. The van der Waals surface area contributed by atoms with Crippen LogP contribution in [-0.4, -0.2) is 87.6 Å². The smallest absolute Gasteiger partial charge is 0.251 e. The number of hydrogen-bond acceptors (Lipinski definition) is 8. The molecule has 5 aliphatic rings. The van der Waals surface area contributed by atoms with Crippen molar-refractivity contribution in [1.29, 1.82) is 0 Å². The van der Waals surface area contributed by atoms with E-state index < -0.39 is 18.1 Å². The highest BCUT2D eigenvalue weighted by Gasteiger charge is 2.57. The average molecular weight is 676 g/mol. The molecule has 0 spiro atoms. The summed E-state index contributed by atoms with van der Waals surface area (Å²) in [5.41, 5.74) is 4.29. The number of hydrogen-bond donors (Lipinski definition) is 4. The number of rotatable bonds is 13. The minimum absolute atomic E-state index is 0.0874. The van der Waals surface area contributed by atoms with E-state index in [0.29, 0.717) is 46.9 Å². The third-order valence-corrected chi connectivity index (χ3v) is 12.2. The van der Waals surface area contributed by atoms with E-state index >= 15 is 0 Å². The maximum absolute atomic E-state index is 14.4. The van der Waals surface area contributed by atoms with E-state index in [1.807, 2.05) is 55.4 Å². The minimum atomic E-state index is -0.755. The molecule has 0 unspecified atom stereocenters. The van der Waals surface area contributed by atoms with Crippen LogP contribution in [0.4, 0.5) is 5.69 Å². The molecule has 2 amide bonds. The van der Waals surface area contributed by atoms with Crippen molar-refractivity contribution in [3.05, 3.63) is 47.5 Å². The Kier molecular flexibility index (Phi) is 10.3. The second-order valence-electron chi connectivity index (χ2n) is 15.9. The number of carbonyl (C=O) groups is 2. The highest BCUT2D eigenvalue weighted by atomic mass is 16.7. The van der Waals surface area contributed by atoms with Crippen molar-refractivity contribution in [2.45, 2.75) is 84.2 Å². The van der Waals surface area contributed by atoms with Gasteiger partial charge in [0.15, 0.2) is 0 Å². The molecular formula is C39H57N5O5. The number of benzene rings is 2. The fourth-order valence-electron chi connectivity index (χ4n) is 8.90. The van der Waals surface area contributed by atoms with Crippen LogP contribution in [0.1, 0.15) is 69.3 Å². The zero-order valence-corrected chi connectivity index (χ0v) is 30.6. The first-order valence-electron chi connectivity index (χ1n) is 18.2. The summed E-state index contributed by atoms with van der Waals surface area (Å²) in [6.07, 6.45) is 3.58. The Labute approximate surface area is 292 Å². The number of methoxy groups -OCH3 is 1. The van der Waals surface area contributed by atoms with Gasteiger partial charge in [0.25, 0.3) is 5.91 Å². The fourth-order valence-corrected chi connectivity index (χ4v) is 8.90. The van der Waals surface area contributed by atoms with Gasteiger partial charge in [-0.05, 0) is 92.0 Å². The lowest BCUT2D eigenvalue weighted by Crippen LogP contribution is -2.62. The zero-order valence-electron chi connectivity index (χ0n) is 30.6. The number of aliphatic hydroxyl groups excluding tert-OH is 1. The number of fused-ring (bicyclic) bond motifs is 2. The van der Waals surface area contributed by atoms with Crippen LogP contribution in [-0.2, 0) is 16.2 Å². The van der Waals surface area contributed by atoms with Crippen LogP contribution in [0.3, 0.4) is 0 Å². The number of amides is 2. The summed E-state index contributed by atoms with van der Waals surface area (Å²) in [6, 6.07) is 11.1. The summed E-state index contributed by atoms with van der Waals surface area (Å²) in [6.45, 7) is 10.5. The molecule has 7 rings (SSSR count). The van der Waals surface area contributed by atoms with Crippen LogP contribution in [0.25, 0.3) is 11.1 Å². The molecular weight excluding hydrogens is 618 g/mol. The summed E-state index contributed by atoms with van der Waals surface area (Å²) in [5.74, 6) is 2.27. The Balaban J connectivity index is 1.31. The third-order valence-electron chi connectivity index (χ3n) is 12.2. The minimum Gasteiger partial charge on any atom is -0.496 e. The van der Waals surface area contributed by atoms with Gasteiger partial charge in [0.05, 0.1) is 25.9 Å². The predicted molar refractivity (Wildman–Crippen MR) is 192 cm³/mol. The number of para-hydroxylation sites is 1. The lowest BCUT2D eigenvalue weighted by atomic mass is 9.45. The molecule has 5 fully saturated rings. The third kappa shape index (κ3) is 7.07. The lowest BCUT2D eigenvalue weighted by Gasteiger charge is -2.62. The van der Waals surface area contributed by atoms with E-state index in [-0.39, 0.29) is 30.5 Å². The van der Waals surface area contributed by atoms with Crippen molar-refractivity contribution in [3.8, 4) is 16.9 Å². The van der Waals surface area contributed by atoms with Gasteiger partial charge in [-0.15, -0.1) is 0 Å². The number of carbonyl (C=O) groups excluding carboxylic acids is 2. The van der Waals surface area contributed by atoms with E-state index in [1.165, 1.54) is 19.3 Å². The number of ether oxygens (including phenoxy) is 1. The van der Waals surface area contributed by atoms with Gasteiger partial charge < -0.3 is 30.7 Å². The number of hydroxylamine groups is 2. The Hall–Kier alpha value is -3.18. The van der Waals surface area contributed by atoms with Gasteiger partial charge in [-0.3, -0.25) is 14.4 Å². The highest BCUT2D eigenvalue weighted by Crippen LogP contribution is 2.61. The fraction of sp³-hybridized carbons (Fsp3) is 0.641. The first-order chi connectivity index (χ1) is 23.3. The number of nitrogens with one attached hydrogen (secondary N) is 3. The maximum Gasteiger partial charge on any atom is 0.251 e. The van der Waals surface area contributed by atoms with Gasteiger partial charge in [0.2, 0.25) is 5.91 Å². The van der Waals surface area contributed by atoms with Crippen LogP contribution in [0.5, 0.6) is 5.75 Å². The maximum atomic E-state index is 14.4. The summed E-state index contributed by atoms with van der Waals surface area (Å²) < 4.78 is 6.08. The van der Waals surface area contributed by atoms with Crippen LogP contribution in [0, 0.1) is 35.0 Å². The summed E-state index contributed by atoms with van der Waals surface area (Å²) in [5, 5.41) is 22.7. The van der Waals surface area contributed by atoms with Crippen molar-refractivity contribution < 1.29 is 24.3 Å². The lowest BCUT2D eigenvalue weighted by molar-refractivity contribution is -0.176. The molecule has 2 bridgehead atoms. The Morgan fingerprint density at radius 3 is 2.51 bits per heavy atom. The number of nitrogens with zero attached hydrogens (tertiary/aromatic N) is 2. The molecule has 4 saturated carbocycles. The molecule has 1 heterocycles. The summed E-state index contributed by atoms with van der Waals surface area (Å²) >= 11 is 0. The summed E-state index contributed by atoms with van der Waals surface area (Å²) in [7, 11) is 7.17. The van der Waals surface area contributed by atoms with Crippen LogP contribution < -0.4 is 25.6 Å². The molecule has 2 aromatic carbocycles. The molecule has 0 aromatic heterocycles. The van der Waals surface area contributed by atoms with E-state index in [9.17, 15) is 14.7 Å². The summed E-state index contributed by atoms with van der Waals surface area (Å²) in [4.78, 5) is 35.8. The highest BCUT2D eigenvalue weighted by molar-refractivity contribution is 5.97. The molecule has 4 N–H and O–H groups in total. The van der Waals surface area contributed by atoms with Crippen molar-refractivity contribution >= 4 is 17.5 Å². The van der Waals surface area contributed by atoms with E-state index in [0.717, 1.165) is 35.3 Å². The van der Waals surface area contributed by atoms with Gasteiger partial charge in [0, 0.05) is 62.0 Å². The first kappa shape index (κ1) is 35.6. The van der Waals surface area contributed by atoms with Crippen LogP contribution in [0.15, 0.2) is 36.4 Å². The van der Waals surface area contributed by atoms with E-state index in [4.69, 9.17) is 9.57 Å². The molecule has 10 nitrogen and oxygen atoms in total. The Morgan fingerprint density at radius 2 is 1.90 bits per heavy atom. The Bertz CT molecular complexity index is 1520. The quantitative estimate of drug-likeness (QED) is 0.246. The average Bonchev–Trinajstić information content (AvgIpc) is 3.83. The van der Waals surface area contributed by atoms with Crippen molar-refractivity contribution in [2.24, 2.45) is 35.0 Å². The van der Waals surface area contributed by atoms with Gasteiger partial charge in [0.1, 0.15) is 11.8 Å². The molecule has 4 aliphatic carbocycles. The second kappa shape index (κ2) is 14.2. The predicted octanol–water partition coefficient (Wildman–Crippen LogP) is 4.46. The SMILES string of the molecule is CNC(=O)c1cc(-c2cccc(CN3O[C@@H](CNCC4CC4)[C@@H]([C@H](C)O)[C@H]3C(=O)N[C@H]3C[C@H]4C[C@@H]([C@@H]3C)C4(C)C)c2OC)cc(N(C)C)c1. The largest absolute Gasteiger partial charge is 0.496 e. The monoisotopic (exact) mass is 675 g/mol. The molecule has 268 valence electrons. The molecule has 1 aliphatic heterocycles. The van der Waals surface area contributed by atoms with Gasteiger partial charge in [-0.25, -0.2) is 0 Å². The topological polar surface area (TPSA) is 115 Å². The van der Waals surface area contributed by atoms with Crippen molar-refractivity contribution in [1.82, 2.24) is 21.0 Å². The molecule has 1 saturated heterocycles. The van der Waals surface area contributed by atoms with Gasteiger partial charge >= 0.3 is 0 Å². The molecule has 0 radical (unpaired) electrons. The molecule has 8 atom stereocenters. The normalized spacial score (nSPS) is 29.5. The van der Waals surface area contributed by atoms with Gasteiger partial charge in [-0.1, -0.05) is 39.0 Å². The van der Waals surface area contributed by atoms with Crippen molar-refractivity contribution in [2.75, 3.05) is 46.2 Å².